The molecule has 0 unspecified atom stereocenters. The summed E-state index contributed by atoms with van der Waals surface area (Å²) < 4.78 is 29.9. The molecule has 0 aliphatic rings. The van der Waals surface area contributed by atoms with Crippen LogP contribution in [0.25, 0.3) is 16.7 Å². The molecule has 0 saturated carbocycles. The lowest BCUT2D eigenvalue weighted by Crippen LogP contribution is -2.24. The minimum Gasteiger partial charge on any atom is -0.325 e. The second-order valence-electron chi connectivity index (χ2n) is 7.50. The van der Waals surface area contributed by atoms with E-state index in [4.69, 9.17) is 0 Å². The molecule has 0 spiro atoms. The van der Waals surface area contributed by atoms with Crippen LogP contribution in [0.5, 0.6) is 0 Å². The maximum atomic E-state index is 13.4. The summed E-state index contributed by atoms with van der Waals surface area (Å²) in [4.78, 5) is 25.6. The zero-order chi connectivity index (χ0) is 23.7. The Bertz CT molecular complexity index is 1580. The number of nitrogens with zero attached hydrogens (tertiary/aromatic N) is 4. The smallest absolute Gasteiger partial charge is 0.263 e. The third kappa shape index (κ3) is 4.27. The number of para-hydroxylation sites is 1. The average Bonchev–Trinajstić information content (AvgIpc) is 3.26. The first-order valence-electron chi connectivity index (χ1n) is 10.3. The van der Waals surface area contributed by atoms with Crippen LogP contribution in [0.2, 0.25) is 0 Å². The number of benzene rings is 3. The Morgan fingerprint density at radius 1 is 0.941 bits per heavy atom. The van der Waals surface area contributed by atoms with Gasteiger partial charge >= 0.3 is 0 Å². The molecule has 1 amide bonds. The van der Waals surface area contributed by atoms with Crippen LogP contribution in [0.15, 0.2) is 82.7 Å². The van der Waals surface area contributed by atoms with E-state index in [1.54, 1.807) is 46.9 Å². The van der Waals surface area contributed by atoms with Gasteiger partial charge < -0.3 is 5.32 Å². The molecule has 0 aliphatic heterocycles. The zero-order valence-electron chi connectivity index (χ0n) is 17.6. The lowest BCUT2D eigenvalue weighted by atomic mass is 10.2. The van der Waals surface area contributed by atoms with Crippen molar-refractivity contribution in [3.8, 4) is 0 Å². The molecular weight excluding hydrogens is 460 g/mol. The van der Waals surface area contributed by atoms with E-state index in [-0.39, 0.29) is 29.6 Å². The summed E-state index contributed by atoms with van der Waals surface area (Å²) in [6, 6.07) is 18.6. The van der Waals surface area contributed by atoms with Crippen LogP contribution in [0.4, 0.5) is 14.5 Å². The Morgan fingerprint density at radius 2 is 1.74 bits per heavy atom. The van der Waals surface area contributed by atoms with E-state index in [1.165, 1.54) is 34.9 Å². The van der Waals surface area contributed by atoms with Crippen molar-refractivity contribution in [2.45, 2.75) is 11.7 Å². The van der Waals surface area contributed by atoms with Crippen molar-refractivity contribution in [1.82, 2.24) is 19.2 Å². The van der Waals surface area contributed by atoms with E-state index in [9.17, 15) is 18.4 Å². The molecule has 10 heteroatoms. The minimum absolute atomic E-state index is 0.00270. The monoisotopic (exact) mass is 477 g/mol. The molecule has 2 aromatic heterocycles. The summed E-state index contributed by atoms with van der Waals surface area (Å²) in [7, 11) is 0. The molecule has 0 saturated heterocycles. The van der Waals surface area contributed by atoms with Gasteiger partial charge in [-0.1, -0.05) is 42.1 Å². The van der Waals surface area contributed by atoms with Crippen molar-refractivity contribution in [1.29, 1.82) is 0 Å². The van der Waals surface area contributed by atoms with Crippen LogP contribution < -0.4 is 10.9 Å². The quantitative estimate of drug-likeness (QED) is 0.373. The molecule has 5 rings (SSSR count). The van der Waals surface area contributed by atoms with E-state index >= 15 is 0 Å². The summed E-state index contributed by atoms with van der Waals surface area (Å²) in [6.45, 7) is 0.177. The van der Waals surface area contributed by atoms with Gasteiger partial charge in [0.05, 0.1) is 23.2 Å². The van der Waals surface area contributed by atoms with Gasteiger partial charge in [0.15, 0.2) is 5.16 Å². The Balaban J connectivity index is 1.50. The van der Waals surface area contributed by atoms with Crippen molar-refractivity contribution in [2.24, 2.45) is 0 Å². The highest BCUT2D eigenvalue weighted by molar-refractivity contribution is 7.99. The molecule has 0 aliphatic carbocycles. The lowest BCUT2D eigenvalue weighted by molar-refractivity contribution is -0.113. The highest BCUT2D eigenvalue weighted by atomic mass is 32.2. The first-order chi connectivity index (χ1) is 16.5. The standard InChI is InChI=1S/C24H17F2N5O2S/c25-16-10-8-15(9-11-16)13-30-22(33)19-6-1-2-7-20(19)31-23(30)28-29-24(31)34-14-21(32)27-18-5-3-4-17(26)12-18/h1-12H,13-14H2,(H,27,32). The molecule has 0 bridgehead atoms. The molecule has 7 nitrogen and oxygen atoms in total. The average molecular weight is 477 g/mol. The number of amides is 1. The van der Waals surface area contributed by atoms with Gasteiger partial charge in [-0.15, -0.1) is 10.2 Å². The number of anilines is 1. The zero-order valence-corrected chi connectivity index (χ0v) is 18.4. The number of thioether (sulfide) groups is 1. The lowest BCUT2D eigenvalue weighted by Gasteiger charge is -2.11. The highest BCUT2D eigenvalue weighted by Gasteiger charge is 2.18. The fraction of sp³-hybridized carbons (Fsp3) is 0.0833. The molecule has 0 radical (unpaired) electrons. The third-order valence-electron chi connectivity index (χ3n) is 5.17. The Kier molecular flexibility index (Phi) is 5.81. The number of nitrogens with one attached hydrogen (secondary N) is 1. The van der Waals surface area contributed by atoms with Crippen LogP contribution in [0, 0.1) is 11.6 Å². The van der Waals surface area contributed by atoms with E-state index in [1.807, 2.05) is 0 Å². The second-order valence-corrected chi connectivity index (χ2v) is 8.44. The van der Waals surface area contributed by atoms with Crippen LogP contribution in [-0.4, -0.2) is 30.8 Å². The van der Waals surface area contributed by atoms with Gasteiger partial charge in [0.2, 0.25) is 11.7 Å². The largest absolute Gasteiger partial charge is 0.325 e. The third-order valence-corrected chi connectivity index (χ3v) is 6.10. The molecule has 0 fully saturated rings. The molecule has 3 aromatic carbocycles. The number of hydrogen-bond acceptors (Lipinski definition) is 5. The summed E-state index contributed by atoms with van der Waals surface area (Å²) in [5, 5.41) is 12.0. The predicted octanol–water partition coefficient (Wildman–Crippen LogP) is 4.10. The number of carbonyl (C=O) groups excluding carboxylic acids is 1. The number of carbonyl (C=O) groups is 1. The van der Waals surface area contributed by atoms with Gasteiger partial charge in [0, 0.05) is 5.69 Å². The van der Waals surface area contributed by atoms with Crippen LogP contribution in [0.3, 0.4) is 0 Å². The number of halogens is 2. The maximum absolute atomic E-state index is 13.4. The first kappa shape index (κ1) is 21.8. The van der Waals surface area contributed by atoms with E-state index < -0.39 is 5.82 Å². The Labute approximate surface area is 196 Å². The highest BCUT2D eigenvalue weighted by Crippen LogP contribution is 2.22. The van der Waals surface area contributed by atoms with Gasteiger partial charge in [-0.3, -0.25) is 18.6 Å². The van der Waals surface area contributed by atoms with Gasteiger partial charge in [0.1, 0.15) is 11.6 Å². The second kappa shape index (κ2) is 9.06. The first-order valence-corrected chi connectivity index (χ1v) is 11.3. The maximum Gasteiger partial charge on any atom is 0.263 e. The van der Waals surface area contributed by atoms with Gasteiger partial charge in [-0.2, -0.15) is 0 Å². The van der Waals surface area contributed by atoms with Crippen molar-refractivity contribution in [3.63, 3.8) is 0 Å². The van der Waals surface area contributed by atoms with Gasteiger partial charge in [-0.25, -0.2) is 8.78 Å². The number of aromatic nitrogens is 4. The van der Waals surface area contributed by atoms with E-state index in [2.05, 4.69) is 15.5 Å². The molecule has 170 valence electrons. The topological polar surface area (TPSA) is 81.3 Å². The minimum atomic E-state index is -0.445. The van der Waals surface area contributed by atoms with Crippen LogP contribution in [0.1, 0.15) is 5.56 Å². The summed E-state index contributed by atoms with van der Waals surface area (Å²) in [6.07, 6.45) is 0. The number of rotatable bonds is 6. The van der Waals surface area contributed by atoms with Gasteiger partial charge in [-0.05, 0) is 48.0 Å². The molecule has 1 N–H and O–H groups in total. The Hall–Kier alpha value is -4.05. The fourth-order valence-electron chi connectivity index (χ4n) is 3.64. The fourth-order valence-corrected chi connectivity index (χ4v) is 4.38. The van der Waals surface area contributed by atoms with E-state index in [0.717, 1.165) is 17.3 Å². The molecule has 34 heavy (non-hydrogen) atoms. The van der Waals surface area contributed by atoms with Crippen LogP contribution in [-0.2, 0) is 11.3 Å². The Morgan fingerprint density at radius 3 is 2.53 bits per heavy atom. The van der Waals surface area contributed by atoms with Crippen molar-refractivity contribution >= 4 is 40.0 Å². The summed E-state index contributed by atoms with van der Waals surface area (Å²) in [5.74, 6) is -0.836. The van der Waals surface area contributed by atoms with Crippen molar-refractivity contribution in [3.05, 3.63) is 100 Å². The number of hydrogen-bond donors (Lipinski definition) is 1. The SMILES string of the molecule is O=C(CSc1nnc2n(Cc3ccc(F)cc3)c(=O)c3ccccc3n12)Nc1cccc(F)c1. The van der Waals surface area contributed by atoms with Crippen molar-refractivity contribution < 1.29 is 13.6 Å². The molecule has 0 atom stereocenters. The summed E-state index contributed by atoms with van der Waals surface area (Å²) >= 11 is 1.14. The van der Waals surface area contributed by atoms with Crippen LogP contribution >= 0.6 is 11.8 Å². The molecule has 2 heterocycles. The molecular formula is C24H17F2N5O2S. The summed E-state index contributed by atoms with van der Waals surface area (Å²) in [5.41, 5.74) is 1.44. The van der Waals surface area contributed by atoms with Crippen molar-refractivity contribution in [2.75, 3.05) is 11.1 Å². The molecule has 5 aromatic rings. The normalized spacial score (nSPS) is 11.2. The van der Waals surface area contributed by atoms with E-state index in [0.29, 0.717) is 27.5 Å². The van der Waals surface area contributed by atoms with Gasteiger partial charge in [0.25, 0.3) is 5.56 Å². The predicted molar refractivity (Wildman–Crippen MR) is 126 cm³/mol. The number of fused-ring (bicyclic) bond motifs is 3.